The van der Waals surface area contributed by atoms with Crippen molar-refractivity contribution in [1.29, 1.82) is 0 Å². The molecule has 0 atom stereocenters. The molecule has 16 heavy (non-hydrogen) atoms. The Morgan fingerprint density at radius 3 is 2.50 bits per heavy atom. The van der Waals surface area contributed by atoms with Gasteiger partial charge in [0.25, 0.3) is 5.91 Å². The first-order chi connectivity index (χ1) is 7.77. The molecule has 1 aromatic rings. The van der Waals surface area contributed by atoms with Crippen LogP contribution in [0.5, 0.6) is 0 Å². The number of carbonyl (C=O) groups excluding carboxylic acids is 1. The topological polar surface area (TPSA) is 29.1 Å². The van der Waals surface area contributed by atoms with Gasteiger partial charge in [0.1, 0.15) is 0 Å². The van der Waals surface area contributed by atoms with Gasteiger partial charge in [-0.25, -0.2) is 0 Å². The number of benzene rings is 1. The van der Waals surface area contributed by atoms with Gasteiger partial charge in [0.2, 0.25) is 0 Å². The van der Waals surface area contributed by atoms with Crippen LogP contribution < -0.4 is 5.32 Å². The molecule has 0 aliphatic heterocycles. The van der Waals surface area contributed by atoms with Gasteiger partial charge in [-0.3, -0.25) is 4.79 Å². The zero-order valence-corrected chi connectivity index (χ0v) is 9.73. The summed E-state index contributed by atoms with van der Waals surface area (Å²) in [7, 11) is 0. The number of nitrogens with one attached hydrogen (secondary N) is 1. The molecule has 0 aliphatic carbocycles. The molecule has 0 saturated heterocycles. The average molecular weight is 215 g/mol. The summed E-state index contributed by atoms with van der Waals surface area (Å²) in [6.07, 6.45) is 5.47. The Balaban J connectivity index is 2.53. The predicted molar refractivity (Wildman–Crippen MR) is 66.9 cm³/mol. The lowest BCUT2D eigenvalue weighted by molar-refractivity contribution is -0.117. The van der Waals surface area contributed by atoms with E-state index in [2.05, 4.69) is 5.32 Å². The lowest BCUT2D eigenvalue weighted by atomic mass is 10.2. The predicted octanol–water partition coefficient (Wildman–Crippen LogP) is 2.83. The van der Waals surface area contributed by atoms with Gasteiger partial charge in [0.05, 0.1) is 0 Å². The second-order valence-electron chi connectivity index (χ2n) is 3.41. The minimum atomic E-state index is -0.0375. The molecule has 0 aliphatic rings. The van der Waals surface area contributed by atoms with Crippen molar-refractivity contribution in [3.05, 3.63) is 59.7 Å². The van der Waals surface area contributed by atoms with Gasteiger partial charge < -0.3 is 5.32 Å². The molecule has 1 rings (SSSR count). The molecule has 0 fully saturated rings. The van der Waals surface area contributed by atoms with Crippen molar-refractivity contribution < 1.29 is 4.79 Å². The maximum Gasteiger partial charge on any atom is 0.251 e. The van der Waals surface area contributed by atoms with Crippen LogP contribution >= 0.6 is 0 Å². The molecular formula is C14H17NO. The summed E-state index contributed by atoms with van der Waals surface area (Å²) in [4.78, 5) is 11.7. The summed E-state index contributed by atoms with van der Waals surface area (Å²) in [5, 5.41) is 2.88. The van der Waals surface area contributed by atoms with Gasteiger partial charge >= 0.3 is 0 Å². The van der Waals surface area contributed by atoms with Crippen LogP contribution in [0.1, 0.15) is 19.4 Å². The Hall–Kier alpha value is -1.83. The van der Waals surface area contributed by atoms with E-state index in [-0.39, 0.29) is 5.91 Å². The minimum Gasteiger partial charge on any atom is -0.348 e. The van der Waals surface area contributed by atoms with Gasteiger partial charge in [0.15, 0.2) is 0 Å². The van der Waals surface area contributed by atoms with Crippen molar-refractivity contribution >= 4 is 5.91 Å². The first-order valence-corrected chi connectivity index (χ1v) is 5.39. The fourth-order valence-electron chi connectivity index (χ4n) is 1.36. The number of allylic oxidation sites excluding steroid dienone is 2. The van der Waals surface area contributed by atoms with E-state index in [0.29, 0.717) is 12.1 Å². The van der Waals surface area contributed by atoms with E-state index in [0.717, 1.165) is 5.56 Å². The molecule has 1 aromatic carbocycles. The molecule has 1 N–H and O–H groups in total. The third-order valence-corrected chi connectivity index (χ3v) is 2.22. The van der Waals surface area contributed by atoms with Crippen molar-refractivity contribution in [2.75, 3.05) is 0 Å². The van der Waals surface area contributed by atoms with E-state index in [1.54, 1.807) is 12.2 Å². The Bertz CT molecular complexity index is 390. The standard InChI is InChI=1S/C14H17NO/c1-3-8-13(4-2)14(16)15-11-12-9-6-5-7-10-12/h3-10H,11H2,1-2H3,(H,15,16). The fourth-order valence-corrected chi connectivity index (χ4v) is 1.36. The van der Waals surface area contributed by atoms with Gasteiger partial charge in [-0.1, -0.05) is 48.6 Å². The Labute approximate surface area is 96.7 Å². The average Bonchev–Trinajstić information content (AvgIpc) is 2.34. The van der Waals surface area contributed by atoms with Crippen LogP contribution in [0.4, 0.5) is 0 Å². The molecule has 1 amide bonds. The number of carbonyl (C=O) groups is 1. The summed E-state index contributed by atoms with van der Waals surface area (Å²) in [6, 6.07) is 9.87. The van der Waals surface area contributed by atoms with Crippen LogP contribution in [0.25, 0.3) is 0 Å². The van der Waals surface area contributed by atoms with Crippen molar-refractivity contribution in [2.24, 2.45) is 0 Å². The largest absolute Gasteiger partial charge is 0.348 e. The van der Waals surface area contributed by atoms with E-state index >= 15 is 0 Å². The quantitative estimate of drug-likeness (QED) is 0.607. The summed E-state index contributed by atoms with van der Waals surface area (Å²) < 4.78 is 0. The first kappa shape index (κ1) is 12.2. The summed E-state index contributed by atoms with van der Waals surface area (Å²) >= 11 is 0. The smallest absolute Gasteiger partial charge is 0.251 e. The molecule has 2 heteroatoms. The zero-order valence-electron chi connectivity index (χ0n) is 9.73. The minimum absolute atomic E-state index is 0.0375. The fraction of sp³-hybridized carbons (Fsp3) is 0.214. The van der Waals surface area contributed by atoms with Gasteiger partial charge in [-0.05, 0) is 19.4 Å². The van der Waals surface area contributed by atoms with E-state index in [4.69, 9.17) is 0 Å². The summed E-state index contributed by atoms with van der Waals surface area (Å²) in [5.74, 6) is -0.0375. The van der Waals surface area contributed by atoms with E-state index in [1.807, 2.05) is 50.3 Å². The molecule has 0 radical (unpaired) electrons. The van der Waals surface area contributed by atoms with Crippen LogP contribution in [0.3, 0.4) is 0 Å². The molecule has 2 nitrogen and oxygen atoms in total. The number of amides is 1. The van der Waals surface area contributed by atoms with Crippen LogP contribution in [0.2, 0.25) is 0 Å². The van der Waals surface area contributed by atoms with Gasteiger partial charge in [0, 0.05) is 12.1 Å². The van der Waals surface area contributed by atoms with E-state index in [9.17, 15) is 4.79 Å². The van der Waals surface area contributed by atoms with Crippen molar-refractivity contribution in [1.82, 2.24) is 5.32 Å². The highest BCUT2D eigenvalue weighted by Crippen LogP contribution is 2.00. The normalized spacial score (nSPS) is 11.8. The second kappa shape index (κ2) is 6.62. The van der Waals surface area contributed by atoms with Crippen LogP contribution in [0.15, 0.2) is 54.1 Å². The summed E-state index contributed by atoms with van der Waals surface area (Å²) in [5.41, 5.74) is 1.80. The highest BCUT2D eigenvalue weighted by atomic mass is 16.1. The molecule has 0 heterocycles. The van der Waals surface area contributed by atoms with Crippen molar-refractivity contribution in [2.45, 2.75) is 20.4 Å². The number of rotatable bonds is 4. The molecule has 0 unspecified atom stereocenters. The second-order valence-corrected chi connectivity index (χ2v) is 3.41. The Morgan fingerprint density at radius 1 is 1.25 bits per heavy atom. The number of hydrogen-bond acceptors (Lipinski definition) is 1. The molecule has 84 valence electrons. The Morgan fingerprint density at radius 2 is 1.94 bits per heavy atom. The van der Waals surface area contributed by atoms with E-state index < -0.39 is 0 Å². The third kappa shape index (κ3) is 3.73. The van der Waals surface area contributed by atoms with Crippen molar-refractivity contribution in [3.63, 3.8) is 0 Å². The van der Waals surface area contributed by atoms with Crippen LogP contribution in [-0.4, -0.2) is 5.91 Å². The third-order valence-electron chi connectivity index (χ3n) is 2.22. The maximum atomic E-state index is 11.7. The van der Waals surface area contributed by atoms with Crippen LogP contribution in [-0.2, 0) is 11.3 Å². The first-order valence-electron chi connectivity index (χ1n) is 5.39. The van der Waals surface area contributed by atoms with Gasteiger partial charge in [-0.2, -0.15) is 0 Å². The Kier molecular flexibility index (Phi) is 5.06. The van der Waals surface area contributed by atoms with Crippen LogP contribution in [0, 0.1) is 0 Å². The number of hydrogen-bond donors (Lipinski definition) is 1. The molecule has 0 aromatic heterocycles. The molecule has 0 spiro atoms. The van der Waals surface area contributed by atoms with Gasteiger partial charge in [-0.15, -0.1) is 0 Å². The van der Waals surface area contributed by atoms with Crippen molar-refractivity contribution in [3.8, 4) is 0 Å². The monoisotopic (exact) mass is 215 g/mol. The molecule has 0 saturated carbocycles. The SMILES string of the molecule is CC=CC(=CC)C(=O)NCc1ccccc1. The zero-order chi connectivity index (χ0) is 11.8. The summed E-state index contributed by atoms with van der Waals surface area (Å²) in [6.45, 7) is 4.32. The van der Waals surface area contributed by atoms with E-state index in [1.165, 1.54) is 0 Å². The highest BCUT2D eigenvalue weighted by Gasteiger charge is 2.03. The maximum absolute atomic E-state index is 11.7. The highest BCUT2D eigenvalue weighted by molar-refractivity contribution is 5.95. The molecule has 0 bridgehead atoms. The molecular weight excluding hydrogens is 198 g/mol. The lowest BCUT2D eigenvalue weighted by Gasteiger charge is -2.05. The lowest BCUT2D eigenvalue weighted by Crippen LogP contribution is -2.23.